The second-order valence-corrected chi connectivity index (χ2v) is 6.33. The zero-order valence-electron chi connectivity index (χ0n) is 15.6. The van der Waals surface area contributed by atoms with Gasteiger partial charge < -0.3 is 16.4 Å². The first-order valence-electron chi connectivity index (χ1n) is 9.01. The fourth-order valence-corrected chi connectivity index (χ4v) is 2.74. The van der Waals surface area contributed by atoms with Crippen molar-refractivity contribution in [1.82, 2.24) is 10.6 Å². The van der Waals surface area contributed by atoms with Gasteiger partial charge in [-0.05, 0) is 17.5 Å². The zero-order chi connectivity index (χ0) is 18.8. The molecule has 2 aromatic carbocycles. The molecular formula is C21H28ClN3O2. The highest BCUT2D eigenvalue weighted by atomic mass is 35.5. The summed E-state index contributed by atoms with van der Waals surface area (Å²) in [5, 5.41) is 5.69. The summed E-state index contributed by atoms with van der Waals surface area (Å²) in [5.41, 5.74) is 8.01. The highest BCUT2D eigenvalue weighted by Gasteiger charge is 2.20. The van der Waals surface area contributed by atoms with Gasteiger partial charge in [-0.25, -0.2) is 0 Å². The minimum absolute atomic E-state index is 0. The van der Waals surface area contributed by atoms with Gasteiger partial charge >= 0.3 is 0 Å². The predicted molar refractivity (Wildman–Crippen MR) is 111 cm³/mol. The van der Waals surface area contributed by atoms with Crippen LogP contribution in [0.1, 0.15) is 36.9 Å². The first-order valence-corrected chi connectivity index (χ1v) is 9.01. The van der Waals surface area contributed by atoms with Gasteiger partial charge in [0.05, 0.1) is 6.42 Å². The highest BCUT2D eigenvalue weighted by Crippen LogP contribution is 2.08. The van der Waals surface area contributed by atoms with Gasteiger partial charge in [-0.2, -0.15) is 0 Å². The number of amides is 2. The topological polar surface area (TPSA) is 84.2 Å². The summed E-state index contributed by atoms with van der Waals surface area (Å²) in [7, 11) is 0. The molecule has 0 aliphatic carbocycles. The minimum atomic E-state index is -0.542. The van der Waals surface area contributed by atoms with Gasteiger partial charge in [0.1, 0.15) is 6.04 Å². The lowest BCUT2D eigenvalue weighted by atomic mass is 10.1. The monoisotopic (exact) mass is 389 g/mol. The van der Waals surface area contributed by atoms with Crippen LogP contribution >= 0.6 is 12.4 Å². The van der Waals surface area contributed by atoms with Gasteiger partial charge in [0.25, 0.3) is 0 Å². The van der Waals surface area contributed by atoms with E-state index in [4.69, 9.17) is 5.73 Å². The Bertz CT molecular complexity index is 695. The normalized spacial score (nSPS) is 12.4. The van der Waals surface area contributed by atoms with Crippen LogP contribution in [-0.4, -0.2) is 24.4 Å². The summed E-state index contributed by atoms with van der Waals surface area (Å²) >= 11 is 0. The first kappa shape index (κ1) is 22.7. The Hall–Kier alpha value is -2.37. The van der Waals surface area contributed by atoms with Gasteiger partial charge in [-0.15, -0.1) is 12.4 Å². The van der Waals surface area contributed by atoms with Crippen LogP contribution in [0, 0.1) is 0 Å². The van der Waals surface area contributed by atoms with Crippen molar-refractivity contribution in [1.29, 1.82) is 0 Å². The average Bonchev–Trinajstić information content (AvgIpc) is 2.67. The number of nitrogens with one attached hydrogen (secondary N) is 2. The molecule has 2 amide bonds. The van der Waals surface area contributed by atoms with E-state index in [1.807, 2.05) is 67.6 Å². The Morgan fingerprint density at radius 3 is 2.19 bits per heavy atom. The molecule has 2 aromatic rings. The molecule has 27 heavy (non-hydrogen) atoms. The van der Waals surface area contributed by atoms with Crippen LogP contribution in [0.2, 0.25) is 0 Å². The van der Waals surface area contributed by atoms with Crippen molar-refractivity contribution in [2.24, 2.45) is 5.73 Å². The number of carbonyl (C=O) groups excluding carboxylic acids is 2. The number of nitrogens with two attached hydrogens (primary N) is 1. The van der Waals surface area contributed by atoms with Crippen LogP contribution in [0.5, 0.6) is 0 Å². The van der Waals surface area contributed by atoms with Crippen molar-refractivity contribution < 1.29 is 9.59 Å². The lowest BCUT2D eigenvalue weighted by molar-refractivity contribution is -0.128. The van der Waals surface area contributed by atoms with Gasteiger partial charge in [0, 0.05) is 12.6 Å². The minimum Gasteiger partial charge on any atom is -0.352 e. The Morgan fingerprint density at radius 2 is 1.59 bits per heavy atom. The summed E-state index contributed by atoms with van der Waals surface area (Å²) < 4.78 is 0. The van der Waals surface area contributed by atoms with Crippen LogP contribution in [0.4, 0.5) is 0 Å². The number of carbonyl (C=O) groups is 2. The summed E-state index contributed by atoms with van der Waals surface area (Å²) in [6, 6.07) is 18.3. The molecule has 0 saturated carbocycles. The molecule has 0 aliphatic rings. The standard InChI is InChI=1S/C21H27N3O2.ClH/c1-2-9-19(24-20(25)14-16-10-5-3-6-11-16)21(26)23-15-18(22)17-12-7-4-8-13-17;/h3-8,10-13,18-19H,2,9,14-15,22H2,1H3,(H,23,26)(H,24,25);1H. The maximum absolute atomic E-state index is 12.5. The molecule has 2 unspecified atom stereocenters. The van der Waals surface area contributed by atoms with Gasteiger partial charge in [-0.3, -0.25) is 9.59 Å². The predicted octanol–water partition coefficient (Wildman–Crippen LogP) is 2.75. The third-order valence-corrected chi connectivity index (χ3v) is 4.16. The summed E-state index contributed by atoms with van der Waals surface area (Å²) in [5.74, 6) is -0.350. The van der Waals surface area contributed by atoms with E-state index in [0.717, 1.165) is 17.5 Å². The van der Waals surface area contributed by atoms with Crippen molar-refractivity contribution in [3.63, 3.8) is 0 Å². The largest absolute Gasteiger partial charge is 0.352 e. The average molecular weight is 390 g/mol. The van der Waals surface area contributed by atoms with Gasteiger partial charge in [0.2, 0.25) is 11.8 Å². The lowest BCUT2D eigenvalue weighted by Gasteiger charge is -2.20. The van der Waals surface area contributed by atoms with Crippen molar-refractivity contribution in [3.8, 4) is 0 Å². The van der Waals surface area contributed by atoms with E-state index in [2.05, 4.69) is 10.6 Å². The van der Waals surface area contributed by atoms with Crippen molar-refractivity contribution in [2.45, 2.75) is 38.3 Å². The molecule has 0 fully saturated rings. The molecule has 0 bridgehead atoms. The highest BCUT2D eigenvalue weighted by molar-refractivity contribution is 5.88. The smallest absolute Gasteiger partial charge is 0.242 e. The van der Waals surface area contributed by atoms with Crippen LogP contribution in [0.3, 0.4) is 0 Å². The number of rotatable bonds is 9. The summed E-state index contributed by atoms with van der Waals surface area (Å²) in [4.78, 5) is 24.7. The van der Waals surface area contributed by atoms with E-state index in [9.17, 15) is 9.59 Å². The number of halogens is 1. The molecule has 0 spiro atoms. The second kappa shape index (κ2) is 12.1. The Labute approximate surface area is 167 Å². The third kappa shape index (κ3) is 7.81. The third-order valence-electron chi connectivity index (χ3n) is 4.16. The maximum Gasteiger partial charge on any atom is 0.242 e. The van der Waals surface area contributed by atoms with E-state index in [1.54, 1.807) is 0 Å². The molecule has 0 radical (unpaired) electrons. The Kier molecular flexibility index (Phi) is 10.2. The van der Waals surface area contributed by atoms with E-state index in [1.165, 1.54) is 0 Å². The van der Waals surface area contributed by atoms with Crippen LogP contribution in [0.25, 0.3) is 0 Å². The van der Waals surface area contributed by atoms with Crippen molar-refractivity contribution >= 4 is 24.2 Å². The molecule has 0 saturated heterocycles. The number of hydrogen-bond donors (Lipinski definition) is 3. The van der Waals surface area contributed by atoms with E-state index >= 15 is 0 Å². The SMILES string of the molecule is CCCC(NC(=O)Cc1ccccc1)C(=O)NCC(N)c1ccccc1.Cl. The van der Waals surface area contributed by atoms with E-state index in [0.29, 0.717) is 13.0 Å². The molecule has 0 heterocycles. The van der Waals surface area contributed by atoms with Gasteiger partial charge in [-0.1, -0.05) is 74.0 Å². The lowest BCUT2D eigenvalue weighted by Crippen LogP contribution is -2.48. The van der Waals surface area contributed by atoms with E-state index < -0.39 is 6.04 Å². The summed E-state index contributed by atoms with van der Waals surface area (Å²) in [6.45, 7) is 2.32. The molecule has 0 aliphatic heterocycles. The molecule has 2 rings (SSSR count). The van der Waals surface area contributed by atoms with Crippen LogP contribution in [-0.2, 0) is 16.0 Å². The Balaban J connectivity index is 0.00000364. The zero-order valence-corrected chi connectivity index (χ0v) is 16.4. The summed E-state index contributed by atoms with van der Waals surface area (Å²) in [6.07, 6.45) is 1.65. The van der Waals surface area contributed by atoms with E-state index in [-0.39, 0.29) is 36.7 Å². The molecule has 4 N–H and O–H groups in total. The fourth-order valence-electron chi connectivity index (χ4n) is 2.74. The fraction of sp³-hybridized carbons (Fsp3) is 0.333. The number of benzene rings is 2. The van der Waals surface area contributed by atoms with Crippen LogP contribution in [0.15, 0.2) is 60.7 Å². The molecule has 146 valence electrons. The van der Waals surface area contributed by atoms with Gasteiger partial charge in [0.15, 0.2) is 0 Å². The molecular weight excluding hydrogens is 362 g/mol. The molecule has 2 atom stereocenters. The Morgan fingerprint density at radius 1 is 1.00 bits per heavy atom. The number of hydrogen-bond acceptors (Lipinski definition) is 3. The quantitative estimate of drug-likeness (QED) is 0.616. The van der Waals surface area contributed by atoms with Crippen molar-refractivity contribution in [3.05, 3.63) is 71.8 Å². The maximum atomic E-state index is 12.5. The molecule has 0 aromatic heterocycles. The van der Waals surface area contributed by atoms with Crippen molar-refractivity contribution in [2.75, 3.05) is 6.54 Å². The molecule has 6 heteroatoms. The second-order valence-electron chi connectivity index (χ2n) is 6.33. The molecule has 5 nitrogen and oxygen atoms in total. The van der Waals surface area contributed by atoms with Crippen LogP contribution < -0.4 is 16.4 Å². The first-order chi connectivity index (χ1) is 12.6.